The fourth-order valence-corrected chi connectivity index (χ4v) is 3.63. The highest BCUT2D eigenvalue weighted by Gasteiger charge is 2.20. The summed E-state index contributed by atoms with van der Waals surface area (Å²) < 4.78 is 31.1. The molecule has 4 aromatic rings. The molecule has 0 bridgehead atoms. The van der Waals surface area contributed by atoms with Crippen molar-refractivity contribution in [2.24, 2.45) is 0 Å². The largest absolute Gasteiger partial charge is 0.481 e. The second-order valence-corrected chi connectivity index (χ2v) is 7.58. The predicted octanol–water partition coefficient (Wildman–Crippen LogP) is 5.24. The van der Waals surface area contributed by atoms with Crippen LogP contribution in [0, 0.1) is 12.7 Å². The summed E-state index contributed by atoms with van der Waals surface area (Å²) >= 11 is 6.15. The third-order valence-corrected chi connectivity index (χ3v) is 5.27. The summed E-state index contributed by atoms with van der Waals surface area (Å²) in [5, 5.41) is 3.08. The van der Waals surface area contributed by atoms with E-state index in [4.69, 9.17) is 25.2 Å². The molecular weight excluding hydrogens is 437 g/mol. The number of halogens is 2. The van der Waals surface area contributed by atoms with E-state index < -0.39 is 17.3 Å². The zero-order valence-electron chi connectivity index (χ0n) is 17.3. The Balaban J connectivity index is 1.60. The molecule has 1 N–H and O–H groups in total. The smallest absolute Gasteiger partial charge is 0.261 e. The molecule has 164 valence electrons. The van der Waals surface area contributed by atoms with E-state index in [9.17, 15) is 14.0 Å². The Bertz CT molecular complexity index is 1330. The number of nitrogens with one attached hydrogen (secondary N) is 1. The second-order valence-electron chi connectivity index (χ2n) is 7.17. The van der Waals surface area contributed by atoms with Crippen LogP contribution in [-0.4, -0.2) is 12.0 Å². The van der Waals surface area contributed by atoms with Gasteiger partial charge in [0, 0.05) is 11.6 Å². The molecule has 32 heavy (non-hydrogen) atoms. The van der Waals surface area contributed by atoms with Crippen molar-refractivity contribution in [1.82, 2.24) is 5.32 Å². The average Bonchev–Trinajstić information content (AvgIpc) is 3.27. The van der Waals surface area contributed by atoms with E-state index in [1.165, 1.54) is 36.6 Å². The highest BCUT2D eigenvalue weighted by atomic mass is 35.5. The number of hydrogen-bond acceptors (Lipinski definition) is 5. The molecular formula is C24H19ClFNO5. The van der Waals surface area contributed by atoms with E-state index in [-0.39, 0.29) is 45.3 Å². The minimum atomic E-state index is -0.799. The summed E-state index contributed by atoms with van der Waals surface area (Å²) in [5.41, 5.74) is -0.0830. The van der Waals surface area contributed by atoms with Crippen LogP contribution in [0.15, 0.2) is 68.4 Å². The zero-order chi connectivity index (χ0) is 22.8. The van der Waals surface area contributed by atoms with E-state index in [0.29, 0.717) is 11.5 Å². The van der Waals surface area contributed by atoms with Gasteiger partial charge in [-0.2, -0.15) is 0 Å². The SMILES string of the molecule is Cc1oc2cc(O[C@H](C)C(=O)NCc3ccco3)ccc2c(=O)c1-c1c(F)cccc1Cl. The van der Waals surface area contributed by atoms with E-state index in [0.717, 1.165) is 0 Å². The molecule has 8 heteroatoms. The quantitative estimate of drug-likeness (QED) is 0.430. The first kappa shape index (κ1) is 21.6. The highest BCUT2D eigenvalue weighted by molar-refractivity contribution is 6.33. The molecule has 0 aliphatic carbocycles. The van der Waals surface area contributed by atoms with Crippen LogP contribution in [-0.2, 0) is 11.3 Å². The van der Waals surface area contributed by atoms with E-state index in [2.05, 4.69) is 5.32 Å². The molecule has 1 amide bonds. The van der Waals surface area contributed by atoms with Crippen molar-refractivity contribution in [1.29, 1.82) is 0 Å². The van der Waals surface area contributed by atoms with Crippen molar-refractivity contribution in [3.63, 3.8) is 0 Å². The molecule has 4 rings (SSSR count). The number of fused-ring (bicyclic) bond motifs is 1. The summed E-state index contributed by atoms with van der Waals surface area (Å²) in [6.45, 7) is 3.41. The summed E-state index contributed by atoms with van der Waals surface area (Å²) in [4.78, 5) is 25.4. The van der Waals surface area contributed by atoms with Crippen molar-refractivity contribution < 1.29 is 22.8 Å². The van der Waals surface area contributed by atoms with Crippen LogP contribution in [0.3, 0.4) is 0 Å². The van der Waals surface area contributed by atoms with Crippen molar-refractivity contribution in [3.05, 3.63) is 87.4 Å². The average molecular weight is 456 g/mol. The van der Waals surface area contributed by atoms with Gasteiger partial charge in [-0.15, -0.1) is 0 Å². The minimum Gasteiger partial charge on any atom is -0.481 e. The molecule has 0 aliphatic rings. The number of carbonyl (C=O) groups excluding carboxylic acids is 1. The van der Waals surface area contributed by atoms with Gasteiger partial charge in [-0.1, -0.05) is 17.7 Å². The molecule has 0 aliphatic heterocycles. The number of aryl methyl sites for hydroxylation is 1. The molecule has 2 aromatic carbocycles. The molecule has 0 fully saturated rings. The van der Waals surface area contributed by atoms with Gasteiger partial charge in [-0.3, -0.25) is 9.59 Å². The molecule has 0 saturated heterocycles. The molecule has 0 unspecified atom stereocenters. The van der Waals surface area contributed by atoms with E-state index in [1.807, 2.05) is 0 Å². The second kappa shape index (κ2) is 8.88. The number of ether oxygens (including phenoxy) is 1. The van der Waals surface area contributed by atoms with Crippen molar-refractivity contribution in [2.45, 2.75) is 26.5 Å². The number of benzene rings is 2. The van der Waals surface area contributed by atoms with Crippen LogP contribution in [0.25, 0.3) is 22.1 Å². The fourth-order valence-electron chi connectivity index (χ4n) is 3.37. The van der Waals surface area contributed by atoms with Gasteiger partial charge >= 0.3 is 0 Å². The van der Waals surface area contributed by atoms with Crippen LogP contribution in [0.2, 0.25) is 5.02 Å². The predicted molar refractivity (Wildman–Crippen MR) is 118 cm³/mol. The normalized spacial score (nSPS) is 12.0. The first-order valence-corrected chi connectivity index (χ1v) is 10.2. The van der Waals surface area contributed by atoms with Gasteiger partial charge in [-0.25, -0.2) is 4.39 Å². The number of amides is 1. The van der Waals surface area contributed by atoms with Gasteiger partial charge in [-0.05, 0) is 50.2 Å². The van der Waals surface area contributed by atoms with Gasteiger partial charge < -0.3 is 18.9 Å². The third-order valence-electron chi connectivity index (χ3n) is 4.95. The molecule has 2 aromatic heterocycles. The van der Waals surface area contributed by atoms with Gasteiger partial charge in [0.1, 0.15) is 28.7 Å². The molecule has 0 saturated carbocycles. The molecule has 1 atom stereocenters. The first-order valence-electron chi connectivity index (χ1n) is 9.83. The molecule has 0 spiro atoms. The lowest BCUT2D eigenvalue weighted by Crippen LogP contribution is -2.35. The minimum absolute atomic E-state index is 0.00416. The zero-order valence-corrected chi connectivity index (χ0v) is 18.0. The number of carbonyl (C=O) groups is 1. The van der Waals surface area contributed by atoms with Gasteiger partial charge in [0.05, 0.1) is 28.8 Å². The topological polar surface area (TPSA) is 81.7 Å². The summed E-state index contributed by atoms with van der Waals surface area (Å²) in [5.74, 6) is 0.248. The third kappa shape index (κ3) is 4.24. The van der Waals surface area contributed by atoms with Crippen LogP contribution >= 0.6 is 11.6 Å². The Labute approximate surface area is 187 Å². The maximum Gasteiger partial charge on any atom is 0.261 e. The monoisotopic (exact) mass is 455 g/mol. The molecule has 2 heterocycles. The maximum atomic E-state index is 14.4. The van der Waals surface area contributed by atoms with Crippen LogP contribution in [0.1, 0.15) is 18.4 Å². The Morgan fingerprint density at radius 1 is 1.19 bits per heavy atom. The highest BCUT2D eigenvalue weighted by Crippen LogP contribution is 2.33. The Hall–Kier alpha value is -3.58. The van der Waals surface area contributed by atoms with Crippen molar-refractivity contribution in [3.8, 4) is 16.9 Å². The summed E-state index contributed by atoms with van der Waals surface area (Å²) in [7, 11) is 0. The summed E-state index contributed by atoms with van der Waals surface area (Å²) in [6, 6.07) is 12.3. The van der Waals surface area contributed by atoms with Gasteiger partial charge in [0.25, 0.3) is 5.91 Å². The van der Waals surface area contributed by atoms with Gasteiger partial charge in [0.15, 0.2) is 6.10 Å². The Morgan fingerprint density at radius 3 is 2.72 bits per heavy atom. The van der Waals surface area contributed by atoms with Gasteiger partial charge in [0.2, 0.25) is 5.43 Å². The van der Waals surface area contributed by atoms with Crippen LogP contribution < -0.4 is 15.5 Å². The Morgan fingerprint density at radius 2 is 2.00 bits per heavy atom. The van der Waals surface area contributed by atoms with E-state index >= 15 is 0 Å². The number of rotatable bonds is 6. The summed E-state index contributed by atoms with van der Waals surface area (Å²) in [6.07, 6.45) is 0.726. The Kier molecular flexibility index (Phi) is 6.01. The maximum absolute atomic E-state index is 14.4. The van der Waals surface area contributed by atoms with Crippen molar-refractivity contribution in [2.75, 3.05) is 0 Å². The lowest BCUT2D eigenvalue weighted by atomic mass is 10.0. The van der Waals surface area contributed by atoms with Crippen LogP contribution in [0.5, 0.6) is 5.75 Å². The molecule has 0 radical (unpaired) electrons. The van der Waals surface area contributed by atoms with E-state index in [1.54, 1.807) is 32.0 Å². The lowest BCUT2D eigenvalue weighted by molar-refractivity contribution is -0.127. The van der Waals surface area contributed by atoms with Crippen LogP contribution in [0.4, 0.5) is 4.39 Å². The molecule has 6 nitrogen and oxygen atoms in total. The standard InChI is InChI=1S/C24H19ClFNO5/c1-13-21(22-18(25)6-3-7-19(22)26)23(28)17-9-8-15(11-20(17)32-13)31-14(2)24(29)27-12-16-5-4-10-30-16/h3-11,14H,12H2,1-2H3,(H,27,29)/t14-/m1/s1. The number of hydrogen-bond donors (Lipinski definition) is 1. The number of furan rings is 1. The fraction of sp³-hybridized carbons (Fsp3) is 0.167. The lowest BCUT2D eigenvalue weighted by Gasteiger charge is -2.15. The first-order chi connectivity index (χ1) is 15.3. The van der Waals surface area contributed by atoms with Crippen molar-refractivity contribution >= 4 is 28.5 Å².